The highest BCUT2D eigenvalue weighted by Gasteiger charge is 2.54. The van der Waals surface area contributed by atoms with Crippen LogP contribution in [0.4, 0.5) is 0 Å². The van der Waals surface area contributed by atoms with E-state index in [1.54, 1.807) is 0 Å². The van der Waals surface area contributed by atoms with Crippen LogP contribution < -0.4 is 0 Å². The summed E-state index contributed by atoms with van der Waals surface area (Å²) in [6.07, 6.45) is 7.37. The molecule has 2 aliphatic carbocycles. The van der Waals surface area contributed by atoms with Crippen molar-refractivity contribution in [1.82, 2.24) is 0 Å². The van der Waals surface area contributed by atoms with E-state index in [2.05, 4.69) is 26.5 Å². The molecule has 0 bridgehead atoms. The van der Waals surface area contributed by atoms with Crippen molar-refractivity contribution in [1.29, 1.82) is 0 Å². The van der Waals surface area contributed by atoms with Crippen molar-refractivity contribution in [3.8, 4) is 0 Å². The first-order chi connectivity index (χ1) is 8.48. The highest BCUT2D eigenvalue weighted by atomic mass is 16.3. The maximum Gasteiger partial charge on any atom is 0.0642 e. The minimum Gasteiger partial charge on any atom is -0.392 e. The average molecular weight is 250 g/mol. The Labute approximate surface area is 110 Å². The Balaban J connectivity index is 2.16. The van der Waals surface area contributed by atoms with Gasteiger partial charge in [-0.1, -0.05) is 25.2 Å². The third kappa shape index (κ3) is 2.70. The molecule has 0 aliphatic heterocycles. The summed E-state index contributed by atoms with van der Waals surface area (Å²) in [5.41, 5.74) is 2.51. The molecule has 2 aliphatic rings. The van der Waals surface area contributed by atoms with E-state index in [-0.39, 0.29) is 18.6 Å². The lowest BCUT2D eigenvalue weighted by Gasteiger charge is -2.27. The van der Waals surface area contributed by atoms with Crippen molar-refractivity contribution in [3.05, 3.63) is 23.8 Å². The van der Waals surface area contributed by atoms with E-state index in [0.717, 1.165) is 31.3 Å². The van der Waals surface area contributed by atoms with Crippen LogP contribution >= 0.6 is 0 Å². The van der Waals surface area contributed by atoms with Gasteiger partial charge < -0.3 is 10.2 Å². The Bertz CT molecular complexity index is 358. The van der Waals surface area contributed by atoms with Gasteiger partial charge in [0.1, 0.15) is 0 Å². The molecule has 2 nitrogen and oxygen atoms in total. The van der Waals surface area contributed by atoms with Crippen LogP contribution in [-0.4, -0.2) is 22.9 Å². The van der Waals surface area contributed by atoms with E-state index in [4.69, 9.17) is 0 Å². The monoisotopic (exact) mass is 250 g/mol. The van der Waals surface area contributed by atoms with Crippen molar-refractivity contribution >= 4 is 0 Å². The first-order valence-corrected chi connectivity index (χ1v) is 7.10. The van der Waals surface area contributed by atoms with E-state index in [1.165, 1.54) is 12.0 Å². The number of hydrogen-bond acceptors (Lipinski definition) is 2. The Kier molecular flexibility index (Phi) is 3.98. The van der Waals surface area contributed by atoms with Gasteiger partial charge in [0.05, 0.1) is 12.7 Å². The third-order valence-electron chi connectivity index (χ3n) is 5.03. The fourth-order valence-corrected chi connectivity index (χ4v) is 3.41. The van der Waals surface area contributed by atoms with Crippen LogP contribution in [-0.2, 0) is 0 Å². The van der Waals surface area contributed by atoms with Gasteiger partial charge in [0.25, 0.3) is 0 Å². The largest absolute Gasteiger partial charge is 0.392 e. The summed E-state index contributed by atoms with van der Waals surface area (Å²) in [5, 5.41) is 19.9. The smallest absolute Gasteiger partial charge is 0.0642 e. The molecule has 0 heterocycles. The molecule has 1 fully saturated rings. The molecule has 0 saturated heterocycles. The number of hydrogen-bond donors (Lipinski definition) is 2. The summed E-state index contributed by atoms with van der Waals surface area (Å²) in [5.74, 6) is 0.459. The summed E-state index contributed by atoms with van der Waals surface area (Å²) < 4.78 is 0. The van der Waals surface area contributed by atoms with Gasteiger partial charge >= 0.3 is 0 Å². The minimum absolute atomic E-state index is 0.00603. The zero-order chi connectivity index (χ0) is 13.3. The molecule has 18 heavy (non-hydrogen) atoms. The molecule has 0 aromatic rings. The topological polar surface area (TPSA) is 40.5 Å². The lowest BCUT2D eigenvalue weighted by Crippen LogP contribution is -2.28. The molecule has 4 unspecified atom stereocenters. The Morgan fingerprint density at radius 1 is 1.56 bits per heavy atom. The normalized spacial score (nSPS) is 40.7. The lowest BCUT2D eigenvalue weighted by atomic mass is 9.82. The predicted octanol–water partition coefficient (Wildman–Crippen LogP) is 3.06. The third-order valence-corrected chi connectivity index (χ3v) is 5.03. The lowest BCUT2D eigenvalue weighted by molar-refractivity contribution is 0.0778. The molecule has 2 rings (SSSR count). The van der Waals surface area contributed by atoms with Gasteiger partial charge in [0.15, 0.2) is 0 Å². The van der Waals surface area contributed by atoms with E-state index < -0.39 is 0 Å². The molecule has 1 saturated carbocycles. The highest BCUT2D eigenvalue weighted by Crippen LogP contribution is 2.59. The van der Waals surface area contributed by atoms with Gasteiger partial charge in [-0.15, -0.1) is 0 Å². The van der Waals surface area contributed by atoms with Gasteiger partial charge in [-0.05, 0) is 55.9 Å². The first kappa shape index (κ1) is 13.8. The van der Waals surface area contributed by atoms with Gasteiger partial charge in [0, 0.05) is 5.92 Å². The zero-order valence-corrected chi connectivity index (χ0v) is 11.7. The van der Waals surface area contributed by atoms with Crippen LogP contribution in [0, 0.1) is 17.3 Å². The number of aliphatic hydroxyl groups is 2. The quantitative estimate of drug-likeness (QED) is 0.739. The minimum atomic E-state index is -0.319. The van der Waals surface area contributed by atoms with E-state index in [0.29, 0.717) is 11.3 Å². The molecule has 0 aromatic carbocycles. The molecule has 0 spiro atoms. The van der Waals surface area contributed by atoms with E-state index in [9.17, 15) is 10.2 Å². The van der Waals surface area contributed by atoms with Crippen LogP contribution in [0.2, 0.25) is 0 Å². The number of allylic oxidation sites excluding steroid dienone is 2. The Hall–Kier alpha value is -0.600. The molecular weight excluding hydrogens is 224 g/mol. The van der Waals surface area contributed by atoms with Crippen LogP contribution in [0.3, 0.4) is 0 Å². The van der Waals surface area contributed by atoms with Gasteiger partial charge in [-0.3, -0.25) is 0 Å². The van der Waals surface area contributed by atoms with Crippen molar-refractivity contribution in [2.75, 3.05) is 6.61 Å². The predicted molar refractivity (Wildman–Crippen MR) is 74.2 cm³/mol. The van der Waals surface area contributed by atoms with Gasteiger partial charge in [-0.2, -0.15) is 0 Å². The fourth-order valence-electron chi connectivity index (χ4n) is 3.41. The summed E-state index contributed by atoms with van der Waals surface area (Å²) in [6.45, 7) is 8.39. The SMILES string of the molecule is C=C(CO)C1CCC(C)=CCCC2(C)CC2C1O. The molecular formula is C16H26O2. The fraction of sp³-hybridized carbons (Fsp3) is 0.750. The summed E-state index contributed by atoms with van der Waals surface area (Å²) >= 11 is 0. The maximum atomic E-state index is 10.6. The number of fused-ring (bicyclic) bond motifs is 1. The molecule has 4 atom stereocenters. The second-order valence-electron chi connectivity index (χ2n) is 6.51. The van der Waals surface area contributed by atoms with Crippen LogP contribution in [0.25, 0.3) is 0 Å². The van der Waals surface area contributed by atoms with Crippen molar-refractivity contribution in [2.24, 2.45) is 17.3 Å². The van der Waals surface area contributed by atoms with Crippen molar-refractivity contribution < 1.29 is 10.2 Å². The number of rotatable bonds is 2. The van der Waals surface area contributed by atoms with Crippen LogP contribution in [0.1, 0.15) is 46.0 Å². The standard InChI is InChI=1S/C16H26O2/c1-11-5-4-8-16(3)9-14(16)15(18)13(7-6-11)12(2)10-17/h5,13-15,17-18H,2,4,6-10H2,1,3H3. The van der Waals surface area contributed by atoms with Crippen molar-refractivity contribution in [3.63, 3.8) is 0 Å². The Morgan fingerprint density at radius 2 is 2.28 bits per heavy atom. The molecule has 0 amide bonds. The first-order valence-electron chi connectivity index (χ1n) is 7.10. The number of aliphatic hydroxyl groups excluding tert-OH is 2. The maximum absolute atomic E-state index is 10.6. The molecule has 2 N–H and O–H groups in total. The van der Waals surface area contributed by atoms with Gasteiger partial charge in [-0.25, -0.2) is 0 Å². The summed E-state index contributed by atoms with van der Waals surface area (Å²) in [4.78, 5) is 0. The summed E-state index contributed by atoms with van der Waals surface area (Å²) in [7, 11) is 0. The molecule has 2 heteroatoms. The second kappa shape index (κ2) is 5.18. The average Bonchev–Trinajstić information content (AvgIpc) is 3.00. The molecule has 0 aromatic heterocycles. The Morgan fingerprint density at radius 3 is 2.94 bits per heavy atom. The zero-order valence-electron chi connectivity index (χ0n) is 11.7. The highest BCUT2D eigenvalue weighted by molar-refractivity contribution is 5.14. The van der Waals surface area contributed by atoms with E-state index in [1.807, 2.05) is 0 Å². The second-order valence-corrected chi connectivity index (χ2v) is 6.51. The van der Waals surface area contributed by atoms with Crippen LogP contribution in [0.5, 0.6) is 0 Å². The van der Waals surface area contributed by atoms with E-state index >= 15 is 0 Å². The summed E-state index contributed by atoms with van der Waals surface area (Å²) in [6, 6.07) is 0. The molecule has 102 valence electrons. The van der Waals surface area contributed by atoms with Crippen molar-refractivity contribution in [2.45, 2.75) is 52.1 Å². The molecule has 0 radical (unpaired) electrons. The van der Waals surface area contributed by atoms with Gasteiger partial charge in [0.2, 0.25) is 0 Å². The van der Waals surface area contributed by atoms with Crippen LogP contribution in [0.15, 0.2) is 23.8 Å².